The molecule has 1 aliphatic rings. The van der Waals surface area contributed by atoms with Crippen molar-refractivity contribution >= 4 is 39.6 Å². The normalized spacial score (nSPS) is 16.9. The summed E-state index contributed by atoms with van der Waals surface area (Å²) in [4.78, 5) is 24.3. The predicted molar refractivity (Wildman–Crippen MR) is 116 cm³/mol. The third-order valence-corrected chi connectivity index (χ3v) is 5.28. The Labute approximate surface area is 178 Å². The zero-order valence-corrected chi connectivity index (χ0v) is 18.1. The molecule has 29 heavy (non-hydrogen) atoms. The minimum Gasteiger partial charge on any atom is -0.479 e. The second kappa shape index (κ2) is 8.78. The van der Waals surface area contributed by atoms with Crippen molar-refractivity contribution in [2.24, 2.45) is 11.0 Å². The van der Waals surface area contributed by atoms with Gasteiger partial charge in [0.25, 0.3) is 0 Å². The predicted octanol–water partition coefficient (Wildman–Crippen LogP) is 4.73. The van der Waals surface area contributed by atoms with Crippen molar-refractivity contribution in [3.05, 3.63) is 58.1 Å². The highest BCUT2D eigenvalue weighted by Gasteiger charge is 2.30. The van der Waals surface area contributed by atoms with E-state index in [4.69, 9.17) is 9.84 Å². The van der Waals surface area contributed by atoms with Gasteiger partial charge >= 0.3 is 5.97 Å². The lowest BCUT2D eigenvalue weighted by atomic mass is 9.97. The van der Waals surface area contributed by atoms with Crippen molar-refractivity contribution in [3.63, 3.8) is 0 Å². The van der Waals surface area contributed by atoms with Crippen molar-refractivity contribution in [2.45, 2.75) is 32.8 Å². The maximum Gasteiger partial charge on any atom is 0.344 e. The van der Waals surface area contributed by atoms with Crippen molar-refractivity contribution in [2.75, 3.05) is 11.6 Å². The summed E-state index contributed by atoms with van der Waals surface area (Å²) in [5, 5.41) is 15.4. The van der Waals surface area contributed by atoms with E-state index in [0.29, 0.717) is 22.5 Å². The molecule has 2 aromatic rings. The van der Waals surface area contributed by atoms with Gasteiger partial charge < -0.3 is 9.84 Å². The Bertz CT molecular complexity index is 958. The molecular formula is C22H23BrN2O4. The molecule has 1 N–H and O–H groups in total. The Morgan fingerprint density at radius 2 is 1.93 bits per heavy atom. The minimum absolute atomic E-state index is 0.160. The summed E-state index contributed by atoms with van der Waals surface area (Å²) in [6.45, 7) is 6.09. The van der Waals surface area contributed by atoms with E-state index in [-0.39, 0.29) is 11.5 Å². The van der Waals surface area contributed by atoms with E-state index in [1.165, 1.54) is 12.5 Å². The van der Waals surface area contributed by atoms with Gasteiger partial charge in [0, 0.05) is 10.7 Å². The summed E-state index contributed by atoms with van der Waals surface area (Å²) < 4.78 is 6.22. The molecule has 3 rings (SSSR count). The molecule has 2 atom stereocenters. The van der Waals surface area contributed by atoms with Crippen LogP contribution in [0.25, 0.3) is 0 Å². The monoisotopic (exact) mass is 458 g/mol. The van der Waals surface area contributed by atoms with E-state index in [2.05, 4.69) is 40.9 Å². The third-order valence-electron chi connectivity index (χ3n) is 4.79. The Morgan fingerprint density at radius 3 is 2.62 bits per heavy atom. The standard InChI is InChI=1S/C22H23BrN2O4/c1-13(2)17-6-4-5-7-19(17)25-12-15(11-24-25)21(26)18-10-16(23)8-9-20(18)29-14(3)22(27)28/h4-11,13-15H,12H2,1-3H3,(H,27,28). The number of aliphatic carboxylic acids is 1. The molecule has 1 aliphatic heterocycles. The van der Waals surface area contributed by atoms with Gasteiger partial charge in [-0.1, -0.05) is 48.0 Å². The van der Waals surface area contributed by atoms with E-state index in [0.717, 1.165) is 5.69 Å². The van der Waals surface area contributed by atoms with Crippen LogP contribution in [0.1, 0.15) is 42.6 Å². The Morgan fingerprint density at radius 1 is 1.21 bits per heavy atom. The number of hydrazone groups is 1. The number of ketones is 1. The number of halogens is 1. The molecule has 0 bridgehead atoms. The number of carboxylic acids is 1. The lowest BCUT2D eigenvalue weighted by Crippen LogP contribution is -2.27. The molecule has 0 saturated carbocycles. The Kier molecular flexibility index (Phi) is 6.37. The lowest BCUT2D eigenvalue weighted by Gasteiger charge is -2.21. The number of Topliss-reactive ketones (excluding diaryl/α,β-unsaturated/α-hetero) is 1. The number of carboxylic acid groups (broad SMARTS) is 1. The molecule has 0 fully saturated rings. The second-order valence-electron chi connectivity index (χ2n) is 7.27. The van der Waals surface area contributed by atoms with Crippen molar-refractivity contribution in [3.8, 4) is 5.75 Å². The first-order valence-corrected chi connectivity index (χ1v) is 10.2. The zero-order chi connectivity index (χ0) is 21.1. The molecule has 1 heterocycles. The van der Waals surface area contributed by atoms with E-state index < -0.39 is 18.0 Å². The average Bonchev–Trinajstić information content (AvgIpc) is 3.18. The highest BCUT2D eigenvalue weighted by atomic mass is 79.9. The van der Waals surface area contributed by atoms with Crippen LogP contribution in [0, 0.1) is 5.92 Å². The largest absolute Gasteiger partial charge is 0.479 e. The van der Waals surface area contributed by atoms with Crippen LogP contribution in [0.4, 0.5) is 5.69 Å². The summed E-state index contributed by atoms with van der Waals surface area (Å²) in [5.74, 6) is -1.12. The molecule has 152 valence electrons. The van der Waals surface area contributed by atoms with Crippen LogP contribution in [0.15, 0.2) is 52.0 Å². The van der Waals surface area contributed by atoms with E-state index in [1.54, 1.807) is 24.4 Å². The summed E-state index contributed by atoms with van der Waals surface area (Å²) >= 11 is 3.37. The van der Waals surface area contributed by atoms with Crippen LogP contribution in [-0.2, 0) is 4.79 Å². The maximum atomic E-state index is 13.2. The first-order valence-electron chi connectivity index (χ1n) is 9.41. The fourth-order valence-corrected chi connectivity index (χ4v) is 3.56. The number of nitrogens with zero attached hydrogens (tertiary/aromatic N) is 2. The zero-order valence-electron chi connectivity index (χ0n) is 16.5. The van der Waals surface area contributed by atoms with Crippen molar-refractivity contribution in [1.82, 2.24) is 0 Å². The summed E-state index contributed by atoms with van der Waals surface area (Å²) in [7, 11) is 0. The number of anilines is 1. The van der Waals surface area contributed by atoms with Crippen LogP contribution < -0.4 is 9.75 Å². The van der Waals surface area contributed by atoms with Gasteiger partial charge in [0.1, 0.15) is 5.75 Å². The van der Waals surface area contributed by atoms with Crippen LogP contribution >= 0.6 is 15.9 Å². The Balaban J connectivity index is 1.84. The lowest BCUT2D eigenvalue weighted by molar-refractivity contribution is -0.144. The SMILES string of the molecule is CC(Oc1ccc(Br)cc1C(=O)C1C=NN(c2ccccc2C(C)C)C1)C(=O)O. The van der Waals surface area contributed by atoms with E-state index in [9.17, 15) is 9.59 Å². The number of hydrogen-bond acceptors (Lipinski definition) is 5. The second-order valence-corrected chi connectivity index (χ2v) is 8.19. The number of rotatable bonds is 7. The average molecular weight is 459 g/mol. The molecule has 0 saturated heterocycles. The number of carbonyl (C=O) groups excluding carboxylic acids is 1. The molecule has 2 aromatic carbocycles. The van der Waals surface area contributed by atoms with E-state index >= 15 is 0 Å². The number of ether oxygens (including phenoxy) is 1. The summed E-state index contributed by atoms with van der Waals surface area (Å²) in [6.07, 6.45) is 0.583. The molecule has 6 nitrogen and oxygen atoms in total. The van der Waals surface area contributed by atoms with Crippen LogP contribution in [0.5, 0.6) is 5.75 Å². The molecule has 0 radical (unpaired) electrons. The molecule has 0 spiro atoms. The molecule has 0 amide bonds. The minimum atomic E-state index is -1.09. The fourth-order valence-electron chi connectivity index (χ4n) is 3.20. The molecule has 2 unspecified atom stereocenters. The highest BCUT2D eigenvalue weighted by molar-refractivity contribution is 9.10. The van der Waals surface area contributed by atoms with Gasteiger partial charge in [0.2, 0.25) is 0 Å². The van der Waals surface area contributed by atoms with Crippen molar-refractivity contribution < 1.29 is 19.4 Å². The van der Waals surface area contributed by atoms with Crippen LogP contribution in [0.2, 0.25) is 0 Å². The van der Waals surface area contributed by atoms with Crippen molar-refractivity contribution in [1.29, 1.82) is 0 Å². The number of carbonyl (C=O) groups is 2. The van der Waals surface area contributed by atoms with Crippen LogP contribution in [0.3, 0.4) is 0 Å². The van der Waals surface area contributed by atoms with Gasteiger partial charge in [0.05, 0.1) is 23.7 Å². The Hall–Kier alpha value is -2.67. The smallest absolute Gasteiger partial charge is 0.344 e. The van der Waals surface area contributed by atoms with Gasteiger partial charge in [0.15, 0.2) is 11.9 Å². The van der Waals surface area contributed by atoms with E-state index in [1.807, 2.05) is 23.2 Å². The van der Waals surface area contributed by atoms with Gasteiger partial charge in [-0.05, 0) is 42.7 Å². The van der Waals surface area contributed by atoms with Crippen LogP contribution in [-0.4, -0.2) is 35.7 Å². The molecule has 0 aromatic heterocycles. The van der Waals surface area contributed by atoms with Gasteiger partial charge in [-0.3, -0.25) is 9.80 Å². The summed E-state index contributed by atoms with van der Waals surface area (Å²) in [5.41, 5.74) is 2.49. The molecule has 7 heteroatoms. The third kappa shape index (κ3) is 4.67. The molecule has 0 aliphatic carbocycles. The first kappa shape index (κ1) is 21.0. The summed E-state index contributed by atoms with van der Waals surface area (Å²) in [6, 6.07) is 13.0. The number of benzene rings is 2. The fraction of sp³-hybridized carbons (Fsp3) is 0.318. The topological polar surface area (TPSA) is 79.2 Å². The number of para-hydroxylation sites is 1. The van der Waals surface area contributed by atoms with Gasteiger partial charge in [-0.2, -0.15) is 5.10 Å². The highest BCUT2D eigenvalue weighted by Crippen LogP contribution is 2.32. The maximum absolute atomic E-state index is 13.2. The van der Waals surface area contributed by atoms with Gasteiger partial charge in [-0.15, -0.1) is 0 Å². The van der Waals surface area contributed by atoms with Gasteiger partial charge in [-0.25, -0.2) is 4.79 Å². The first-order chi connectivity index (χ1) is 13.8. The number of hydrogen-bond donors (Lipinski definition) is 1. The quantitative estimate of drug-likeness (QED) is 0.606. The molecular weight excluding hydrogens is 436 g/mol.